The molecule has 0 aromatic carbocycles. The zero-order valence-corrected chi connectivity index (χ0v) is 10.2. The normalized spacial score (nSPS) is 12.0. The van der Waals surface area contributed by atoms with Crippen LogP contribution in [0.2, 0.25) is 0 Å². The Balaban J connectivity index is 3.73. The van der Waals surface area contributed by atoms with Gasteiger partial charge in [-0.15, -0.1) is 0 Å². The van der Waals surface area contributed by atoms with Gasteiger partial charge in [-0.25, -0.2) is 18.6 Å². The molecule has 1 aromatic rings. The van der Waals surface area contributed by atoms with Crippen molar-refractivity contribution in [3.8, 4) is 0 Å². The third-order valence-corrected chi connectivity index (χ3v) is 3.09. The minimum atomic E-state index is -5.12. The molecule has 0 spiro atoms. The van der Waals surface area contributed by atoms with E-state index in [1.54, 1.807) is 0 Å². The summed E-state index contributed by atoms with van der Waals surface area (Å²) in [5, 5.41) is 8.72. The fourth-order valence-electron chi connectivity index (χ4n) is 1.32. The molecule has 0 aliphatic rings. The Morgan fingerprint density at radius 2 is 1.89 bits per heavy atom. The summed E-state index contributed by atoms with van der Waals surface area (Å²) < 4.78 is 62.3. The number of carbonyl (C=O) groups is 1. The van der Waals surface area contributed by atoms with Gasteiger partial charge >= 0.3 is 12.1 Å². The molecule has 1 heterocycles. The molecule has 18 heavy (non-hydrogen) atoms. The van der Waals surface area contributed by atoms with Crippen LogP contribution >= 0.6 is 15.9 Å². The zero-order valence-electron chi connectivity index (χ0n) is 8.65. The third kappa shape index (κ3) is 2.60. The highest BCUT2D eigenvalue weighted by molar-refractivity contribution is 9.10. The maximum Gasteiger partial charge on any atom is 0.434 e. The van der Waals surface area contributed by atoms with E-state index in [2.05, 4.69) is 20.9 Å². The number of carboxylic acids is 1. The topological polar surface area (TPSA) is 50.2 Å². The fourth-order valence-corrected chi connectivity index (χ4v) is 1.78. The van der Waals surface area contributed by atoms with Gasteiger partial charge in [0.05, 0.1) is 5.56 Å². The number of aromatic carboxylic acids is 1. The summed E-state index contributed by atoms with van der Waals surface area (Å²) in [6.07, 6.45) is -8.37. The highest BCUT2D eigenvalue weighted by Gasteiger charge is 2.40. The van der Waals surface area contributed by atoms with Gasteiger partial charge < -0.3 is 5.11 Å². The van der Waals surface area contributed by atoms with E-state index in [1.807, 2.05) is 0 Å². The minimum absolute atomic E-state index is 0.442. The van der Waals surface area contributed by atoms with Crippen molar-refractivity contribution in [2.75, 3.05) is 0 Å². The fraction of sp³-hybridized carbons (Fsp3) is 0.333. The zero-order chi connectivity index (χ0) is 14.2. The summed E-state index contributed by atoms with van der Waals surface area (Å²) >= 11 is 2.63. The SMILES string of the molecule is Cc1c(Br)c(C(F)F)nc(C(F)(F)F)c1C(=O)O. The van der Waals surface area contributed by atoms with Gasteiger partial charge in [0.2, 0.25) is 0 Å². The summed E-state index contributed by atoms with van der Waals surface area (Å²) in [5.41, 5.74) is -4.55. The van der Waals surface area contributed by atoms with Crippen LogP contribution in [-0.4, -0.2) is 16.1 Å². The van der Waals surface area contributed by atoms with Crippen LogP contribution in [0.4, 0.5) is 22.0 Å². The molecule has 3 nitrogen and oxygen atoms in total. The first-order valence-electron chi connectivity index (χ1n) is 4.36. The lowest BCUT2D eigenvalue weighted by molar-refractivity contribution is -0.142. The Bertz CT molecular complexity index is 501. The first-order chi connectivity index (χ1) is 8.07. The van der Waals surface area contributed by atoms with Gasteiger partial charge in [0.1, 0.15) is 5.69 Å². The molecule has 0 fully saturated rings. The Hall–Kier alpha value is -1.25. The highest BCUT2D eigenvalue weighted by Crippen LogP contribution is 2.38. The number of hydrogen-bond acceptors (Lipinski definition) is 2. The van der Waals surface area contributed by atoms with E-state index in [-0.39, 0.29) is 0 Å². The van der Waals surface area contributed by atoms with Crippen molar-refractivity contribution in [3.05, 3.63) is 27.0 Å². The molecule has 0 saturated heterocycles. The van der Waals surface area contributed by atoms with Crippen molar-refractivity contribution in [2.24, 2.45) is 0 Å². The Labute approximate surface area is 106 Å². The van der Waals surface area contributed by atoms with Crippen molar-refractivity contribution in [3.63, 3.8) is 0 Å². The number of rotatable bonds is 2. The molecule has 0 aliphatic carbocycles. The van der Waals surface area contributed by atoms with E-state index in [4.69, 9.17) is 5.11 Å². The summed E-state index contributed by atoms with van der Waals surface area (Å²) in [6.45, 7) is 0.996. The van der Waals surface area contributed by atoms with Crippen LogP contribution in [0.25, 0.3) is 0 Å². The average Bonchev–Trinajstić information content (AvgIpc) is 2.18. The van der Waals surface area contributed by atoms with E-state index in [0.717, 1.165) is 6.92 Å². The van der Waals surface area contributed by atoms with Crippen LogP contribution in [-0.2, 0) is 6.18 Å². The largest absolute Gasteiger partial charge is 0.478 e. The number of aromatic nitrogens is 1. The predicted octanol–water partition coefficient (Wildman–Crippen LogP) is 3.81. The molecule has 0 bridgehead atoms. The lowest BCUT2D eigenvalue weighted by Crippen LogP contribution is -2.19. The molecular weight excluding hydrogens is 329 g/mol. The van der Waals surface area contributed by atoms with Gasteiger partial charge in [-0.2, -0.15) is 13.2 Å². The predicted molar refractivity (Wildman–Crippen MR) is 53.6 cm³/mol. The molecule has 0 unspecified atom stereocenters. The van der Waals surface area contributed by atoms with Crippen LogP contribution in [0.1, 0.15) is 33.7 Å². The first kappa shape index (κ1) is 14.8. The first-order valence-corrected chi connectivity index (χ1v) is 5.15. The number of hydrogen-bond donors (Lipinski definition) is 1. The van der Waals surface area contributed by atoms with Crippen LogP contribution in [0, 0.1) is 6.92 Å². The van der Waals surface area contributed by atoms with Crippen molar-refractivity contribution in [2.45, 2.75) is 19.5 Å². The third-order valence-electron chi connectivity index (χ3n) is 2.09. The van der Waals surface area contributed by atoms with Crippen LogP contribution in [0.15, 0.2) is 4.47 Å². The number of alkyl halides is 5. The van der Waals surface area contributed by atoms with Crippen LogP contribution < -0.4 is 0 Å². The molecule has 0 amide bonds. The molecule has 1 N–H and O–H groups in total. The van der Waals surface area contributed by atoms with Gasteiger partial charge in [-0.05, 0) is 28.4 Å². The molecule has 9 heteroatoms. The van der Waals surface area contributed by atoms with Crippen molar-refractivity contribution in [1.82, 2.24) is 4.98 Å². The molecule has 0 aliphatic heterocycles. The van der Waals surface area contributed by atoms with Gasteiger partial charge in [0.15, 0.2) is 5.69 Å². The van der Waals surface area contributed by atoms with Crippen LogP contribution in [0.5, 0.6) is 0 Å². The monoisotopic (exact) mass is 333 g/mol. The molecule has 0 saturated carbocycles. The van der Waals surface area contributed by atoms with Crippen LogP contribution in [0.3, 0.4) is 0 Å². The maximum atomic E-state index is 12.6. The second-order valence-corrected chi connectivity index (χ2v) is 4.06. The average molecular weight is 334 g/mol. The standard InChI is InChI=1S/C9H5BrF5NO2/c1-2-3(8(17)18)6(9(13,14)15)16-5(4(2)10)7(11)12/h7H,1H3,(H,17,18). The molecular formula is C9H5BrF5NO2. The summed E-state index contributed by atoms with van der Waals surface area (Å²) in [6, 6.07) is 0. The maximum absolute atomic E-state index is 12.6. The smallest absolute Gasteiger partial charge is 0.434 e. The van der Waals surface area contributed by atoms with Gasteiger partial charge in [0.25, 0.3) is 6.43 Å². The molecule has 1 rings (SSSR count). The summed E-state index contributed by atoms with van der Waals surface area (Å²) in [4.78, 5) is 13.5. The second-order valence-electron chi connectivity index (χ2n) is 3.26. The summed E-state index contributed by atoms with van der Waals surface area (Å²) in [7, 11) is 0. The Morgan fingerprint density at radius 1 is 1.39 bits per heavy atom. The number of nitrogens with zero attached hydrogens (tertiary/aromatic N) is 1. The minimum Gasteiger partial charge on any atom is -0.478 e. The van der Waals surface area contributed by atoms with E-state index in [0.29, 0.717) is 0 Å². The quantitative estimate of drug-likeness (QED) is 0.837. The molecule has 100 valence electrons. The molecule has 1 aromatic heterocycles. The molecule has 0 radical (unpaired) electrons. The number of halogens is 6. The Kier molecular flexibility index (Phi) is 3.94. The van der Waals surface area contributed by atoms with E-state index >= 15 is 0 Å². The van der Waals surface area contributed by atoms with Gasteiger partial charge in [-0.1, -0.05) is 0 Å². The Morgan fingerprint density at radius 3 is 2.22 bits per heavy atom. The molecule has 0 atom stereocenters. The van der Waals surface area contributed by atoms with Crippen molar-refractivity contribution in [1.29, 1.82) is 0 Å². The van der Waals surface area contributed by atoms with E-state index in [9.17, 15) is 26.7 Å². The number of carboxylic acid groups (broad SMARTS) is 1. The second kappa shape index (κ2) is 4.79. The lowest BCUT2D eigenvalue weighted by Gasteiger charge is -2.15. The number of pyridine rings is 1. The van der Waals surface area contributed by atoms with E-state index in [1.165, 1.54) is 0 Å². The summed E-state index contributed by atoms with van der Waals surface area (Å²) in [5.74, 6) is -1.88. The van der Waals surface area contributed by atoms with Gasteiger partial charge in [0, 0.05) is 4.47 Å². The van der Waals surface area contributed by atoms with Gasteiger partial charge in [-0.3, -0.25) is 0 Å². The van der Waals surface area contributed by atoms with Crippen molar-refractivity contribution < 1.29 is 31.9 Å². The highest BCUT2D eigenvalue weighted by atomic mass is 79.9. The lowest BCUT2D eigenvalue weighted by atomic mass is 10.1. The van der Waals surface area contributed by atoms with Crippen molar-refractivity contribution >= 4 is 21.9 Å². The van der Waals surface area contributed by atoms with E-state index < -0.39 is 45.6 Å².